The number of rotatable bonds is 6. The zero-order valence-corrected chi connectivity index (χ0v) is 18.2. The maximum absolute atomic E-state index is 13.2. The average molecular weight is 439 g/mol. The summed E-state index contributed by atoms with van der Waals surface area (Å²) in [5.41, 5.74) is 2.70. The molecule has 164 valence electrons. The second kappa shape index (κ2) is 9.92. The average Bonchev–Trinajstić information content (AvgIpc) is 2.85. The first-order chi connectivity index (χ1) is 16.0. The number of halogens is 1. The first kappa shape index (κ1) is 22.0. The molecule has 0 aliphatic rings. The highest BCUT2D eigenvalue weighted by molar-refractivity contribution is 6.11. The molecule has 0 bridgehead atoms. The third-order valence-electron chi connectivity index (χ3n) is 5.32. The predicted octanol–water partition coefficient (Wildman–Crippen LogP) is 6.30. The standard InChI is InChI=1S/C28H23FN2O2/c1-2-31(26-9-5-7-21-6-3-4-8-25(21)26)28(33)22-13-17-24(18-14-22)30-27(32)19-12-20-10-15-23(29)16-11-20/h3-19H,2H2,1H3,(H,30,32)/b19-12+. The molecule has 33 heavy (non-hydrogen) atoms. The van der Waals surface area contributed by atoms with Crippen LogP contribution in [0.5, 0.6) is 0 Å². The van der Waals surface area contributed by atoms with Crippen LogP contribution < -0.4 is 10.2 Å². The Balaban J connectivity index is 1.47. The second-order valence-electron chi connectivity index (χ2n) is 7.50. The molecule has 0 fully saturated rings. The third kappa shape index (κ3) is 5.15. The highest BCUT2D eigenvalue weighted by atomic mass is 19.1. The molecule has 0 aliphatic carbocycles. The fourth-order valence-electron chi connectivity index (χ4n) is 3.65. The number of hydrogen-bond donors (Lipinski definition) is 1. The van der Waals surface area contributed by atoms with Crippen molar-refractivity contribution in [2.24, 2.45) is 0 Å². The molecule has 4 aromatic rings. The fourth-order valence-corrected chi connectivity index (χ4v) is 3.65. The van der Waals surface area contributed by atoms with Gasteiger partial charge in [0.05, 0.1) is 5.69 Å². The topological polar surface area (TPSA) is 49.4 Å². The summed E-state index contributed by atoms with van der Waals surface area (Å²) in [4.78, 5) is 27.2. The summed E-state index contributed by atoms with van der Waals surface area (Å²) in [7, 11) is 0. The smallest absolute Gasteiger partial charge is 0.258 e. The maximum atomic E-state index is 13.2. The van der Waals surface area contributed by atoms with Gasteiger partial charge in [-0.3, -0.25) is 9.59 Å². The van der Waals surface area contributed by atoms with E-state index in [1.165, 1.54) is 18.2 Å². The van der Waals surface area contributed by atoms with Crippen molar-refractivity contribution in [3.05, 3.63) is 114 Å². The van der Waals surface area contributed by atoms with Crippen LogP contribution >= 0.6 is 0 Å². The van der Waals surface area contributed by atoms with E-state index in [1.807, 2.05) is 49.4 Å². The number of hydrogen-bond acceptors (Lipinski definition) is 2. The Bertz CT molecular complexity index is 1310. The molecule has 0 unspecified atom stereocenters. The second-order valence-corrected chi connectivity index (χ2v) is 7.50. The molecule has 0 aliphatic heterocycles. The van der Waals surface area contributed by atoms with Crippen molar-refractivity contribution >= 4 is 40.0 Å². The van der Waals surface area contributed by atoms with Gasteiger partial charge >= 0.3 is 0 Å². The largest absolute Gasteiger partial charge is 0.323 e. The molecule has 0 atom stereocenters. The number of fused-ring (bicyclic) bond motifs is 1. The van der Waals surface area contributed by atoms with Crippen molar-refractivity contribution in [3.8, 4) is 0 Å². The van der Waals surface area contributed by atoms with Crippen molar-refractivity contribution in [2.75, 3.05) is 16.8 Å². The van der Waals surface area contributed by atoms with Gasteiger partial charge in [-0.15, -0.1) is 0 Å². The molecule has 5 heteroatoms. The number of carbonyl (C=O) groups is 2. The molecular formula is C28H23FN2O2. The molecule has 2 amide bonds. The lowest BCUT2D eigenvalue weighted by atomic mass is 10.1. The van der Waals surface area contributed by atoms with E-state index in [9.17, 15) is 14.0 Å². The quantitative estimate of drug-likeness (QED) is 0.359. The highest BCUT2D eigenvalue weighted by Crippen LogP contribution is 2.28. The van der Waals surface area contributed by atoms with Gasteiger partial charge in [0.25, 0.3) is 5.91 Å². The zero-order valence-electron chi connectivity index (χ0n) is 18.2. The molecule has 0 radical (unpaired) electrons. The van der Waals surface area contributed by atoms with Crippen molar-refractivity contribution in [3.63, 3.8) is 0 Å². The van der Waals surface area contributed by atoms with Gasteiger partial charge in [0.1, 0.15) is 5.82 Å². The Morgan fingerprint density at radius 1 is 0.879 bits per heavy atom. The van der Waals surface area contributed by atoms with Gasteiger partial charge in [-0.1, -0.05) is 48.5 Å². The van der Waals surface area contributed by atoms with Crippen molar-refractivity contribution in [2.45, 2.75) is 6.92 Å². The Morgan fingerprint density at radius 2 is 1.58 bits per heavy atom. The minimum absolute atomic E-state index is 0.108. The van der Waals surface area contributed by atoms with E-state index in [0.29, 0.717) is 17.8 Å². The van der Waals surface area contributed by atoms with Gasteiger partial charge in [-0.25, -0.2) is 4.39 Å². The Hall–Kier alpha value is -4.25. The van der Waals surface area contributed by atoms with Gasteiger partial charge < -0.3 is 10.2 Å². The van der Waals surface area contributed by atoms with Crippen LogP contribution in [0.1, 0.15) is 22.8 Å². The summed E-state index contributed by atoms with van der Waals surface area (Å²) in [5.74, 6) is -0.749. The minimum atomic E-state index is -0.326. The molecule has 1 N–H and O–H groups in total. The van der Waals surface area contributed by atoms with Crippen LogP contribution in [0, 0.1) is 5.82 Å². The normalized spacial score (nSPS) is 11.0. The molecule has 0 aromatic heterocycles. The first-order valence-electron chi connectivity index (χ1n) is 10.7. The van der Waals surface area contributed by atoms with Gasteiger partial charge in [-0.05, 0) is 66.4 Å². The Kier molecular flexibility index (Phi) is 6.60. The van der Waals surface area contributed by atoms with Gasteiger partial charge in [0.15, 0.2) is 0 Å². The van der Waals surface area contributed by atoms with E-state index in [-0.39, 0.29) is 17.6 Å². The summed E-state index contributed by atoms with van der Waals surface area (Å²) in [5, 5.41) is 4.86. The Morgan fingerprint density at radius 3 is 2.30 bits per heavy atom. The number of benzene rings is 4. The molecule has 4 nitrogen and oxygen atoms in total. The summed E-state index contributed by atoms with van der Waals surface area (Å²) < 4.78 is 13.0. The number of nitrogens with zero attached hydrogens (tertiary/aromatic N) is 1. The minimum Gasteiger partial charge on any atom is -0.323 e. The molecule has 4 aromatic carbocycles. The van der Waals surface area contributed by atoms with E-state index in [2.05, 4.69) is 5.32 Å². The molecule has 0 saturated heterocycles. The lowest BCUT2D eigenvalue weighted by Crippen LogP contribution is -2.30. The van der Waals surface area contributed by atoms with Crippen LogP contribution in [-0.4, -0.2) is 18.4 Å². The third-order valence-corrected chi connectivity index (χ3v) is 5.32. The van der Waals surface area contributed by atoms with E-state index in [4.69, 9.17) is 0 Å². The number of anilines is 2. The zero-order chi connectivity index (χ0) is 23.2. The van der Waals surface area contributed by atoms with Crippen LogP contribution in [0.3, 0.4) is 0 Å². The van der Waals surface area contributed by atoms with Crippen LogP contribution in [-0.2, 0) is 4.79 Å². The maximum Gasteiger partial charge on any atom is 0.258 e. The molecular weight excluding hydrogens is 415 g/mol. The monoisotopic (exact) mass is 438 g/mol. The van der Waals surface area contributed by atoms with Crippen molar-refractivity contribution in [1.82, 2.24) is 0 Å². The van der Waals surface area contributed by atoms with Crippen LogP contribution in [0.2, 0.25) is 0 Å². The lowest BCUT2D eigenvalue weighted by Gasteiger charge is -2.23. The van der Waals surface area contributed by atoms with Crippen LogP contribution in [0.15, 0.2) is 97.1 Å². The molecule has 0 saturated carbocycles. The first-order valence-corrected chi connectivity index (χ1v) is 10.7. The molecule has 0 heterocycles. The van der Waals surface area contributed by atoms with Gasteiger partial charge in [-0.2, -0.15) is 0 Å². The summed E-state index contributed by atoms with van der Waals surface area (Å²) in [6, 6.07) is 26.6. The van der Waals surface area contributed by atoms with E-state index >= 15 is 0 Å². The Labute approximate surface area is 192 Å². The van der Waals surface area contributed by atoms with E-state index in [0.717, 1.165) is 22.0 Å². The van der Waals surface area contributed by atoms with Crippen LogP contribution in [0.25, 0.3) is 16.8 Å². The predicted molar refractivity (Wildman–Crippen MR) is 132 cm³/mol. The fraction of sp³-hybridized carbons (Fsp3) is 0.0714. The molecule has 0 spiro atoms. The number of carbonyl (C=O) groups excluding carboxylic acids is 2. The molecule has 4 rings (SSSR count). The van der Waals surface area contributed by atoms with Gasteiger partial charge in [0.2, 0.25) is 5.91 Å². The SMILES string of the molecule is CCN(C(=O)c1ccc(NC(=O)/C=C/c2ccc(F)cc2)cc1)c1cccc2ccccc12. The summed E-state index contributed by atoms with van der Waals surface area (Å²) in [6.07, 6.45) is 2.99. The van der Waals surface area contributed by atoms with Gasteiger partial charge in [0, 0.05) is 29.3 Å². The van der Waals surface area contributed by atoms with Crippen LogP contribution in [0.4, 0.5) is 15.8 Å². The number of nitrogens with one attached hydrogen (secondary N) is 1. The number of amides is 2. The lowest BCUT2D eigenvalue weighted by molar-refractivity contribution is -0.111. The summed E-state index contributed by atoms with van der Waals surface area (Å²) in [6.45, 7) is 2.47. The van der Waals surface area contributed by atoms with E-state index < -0.39 is 0 Å². The van der Waals surface area contributed by atoms with Crippen molar-refractivity contribution in [1.29, 1.82) is 0 Å². The van der Waals surface area contributed by atoms with Crippen molar-refractivity contribution < 1.29 is 14.0 Å². The highest BCUT2D eigenvalue weighted by Gasteiger charge is 2.18. The summed E-state index contributed by atoms with van der Waals surface area (Å²) >= 11 is 0. The van der Waals surface area contributed by atoms with E-state index in [1.54, 1.807) is 47.4 Å².